The summed E-state index contributed by atoms with van der Waals surface area (Å²) in [5.74, 6) is 0.212. The van der Waals surface area contributed by atoms with Crippen molar-refractivity contribution in [3.8, 4) is 0 Å². The van der Waals surface area contributed by atoms with E-state index in [9.17, 15) is 8.42 Å². The third-order valence-electron chi connectivity index (χ3n) is 3.86. The Labute approximate surface area is 109 Å². The first kappa shape index (κ1) is 12.2. The van der Waals surface area contributed by atoms with Crippen LogP contribution < -0.4 is 5.32 Å². The lowest BCUT2D eigenvalue weighted by Crippen LogP contribution is -2.29. The molecule has 0 spiro atoms. The van der Waals surface area contributed by atoms with Gasteiger partial charge in [0, 0.05) is 12.1 Å². The zero-order valence-corrected chi connectivity index (χ0v) is 11.7. The molecule has 0 aromatic heterocycles. The van der Waals surface area contributed by atoms with Crippen molar-refractivity contribution in [2.75, 3.05) is 5.75 Å². The Balaban J connectivity index is 2.10. The number of benzene rings is 1. The minimum absolute atomic E-state index is 0.0316. The molecule has 1 aliphatic carbocycles. The second-order valence-electron chi connectivity index (χ2n) is 5.67. The van der Waals surface area contributed by atoms with Crippen LogP contribution in [0.15, 0.2) is 17.0 Å². The summed E-state index contributed by atoms with van der Waals surface area (Å²) in [5.41, 5.74) is 3.58. The third-order valence-corrected chi connectivity index (χ3v) is 5.65. The van der Waals surface area contributed by atoms with Gasteiger partial charge >= 0.3 is 0 Å². The van der Waals surface area contributed by atoms with E-state index in [4.69, 9.17) is 0 Å². The molecule has 0 fully saturated rings. The van der Waals surface area contributed by atoms with E-state index in [2.05, 4.69) is 25.2 Å². The van der Waals surface area contributed by atoms with Crippen LogP contribution >= 0.6 is 0 Å². The molecule has 98 valence electrons. The first-order valence-electron chi connectivity index (χ1n) is 6.62. The van der Waals surface area contributed by atoms with Crippen LogP contribution in [0.5, 0.6) is 0 Å². The zero-order valence-electron chi connectivity index (χ0n) is 10.9. The monoisotopic (exact) mass is 265 g/mol. The van der Waals surface area contributed by atoms with Gasteiger partial charge in [-0.05, 0) is 42.0 Å². The van der Waals surface area contributed by atoms with E-state index in [0.717, 1.165) is 24.8 Å². The maximum Gasteiger partial charge on any atom is 0.180 e. The van der Waals surface area contributed by atoms with E-state index in [-0.39, 0.29) is 11.8 Å². The Kier molecular flexibility index (Phi) is 2.75. The van der Waals surface area contributed by atoms with Crippen molar-refractivity contribution in [2.45, 2.75) is 50.1 Å². The number of aryl methyl sites for hydroxylation is 2. The molecule has 1 heterocycles. The molecule has 0 saturated carbocycles. The lowest BCUT2D eigenvalue weighted by molar-refractivity contribution is 0.508. The maximum atomic E-state index is 12.2. The lowest BCUT2D eigenvalue weighted by atomic mass is 10.0. The van der Waals surface area contributed by atoms with Gasteiger partial charge in [-0.15, -0.1) is 0 Å². The molecule has 3 nitrogen and oxygen atoms in total. The van der Waals surface area contributed by atoms with Gasteiger partial charge in [0.05, 0.1) is 10.6 Å². The van der Waals surface area contributed by atoms with Gasteiger partial charge in [-0.2, -0.15) is 0 Å². The predicted molar refractivity (Wildman–Crippen MR) is 71.5 cm³/mol. The first-order valence-corrected chi connectivity index (χ1v) is 8.27. The highest BCUT2D eigenvalue weighted by atomic mass is 32.2. The number of nitrogens with one attached hydrogen (secondary N) is 1. The van der Waals surface area contributed by atoms with Crippen molar-refractivity contribution in [2.24, 2.45) is 0 Å². The number of fused-ring (bicyclic) bond motifs is 2. The van der Waals surface area contributed by atoms with Crippen LogP contribution in [0, 0.1) is 0 Å². The Morgan fingerprint density at radius 2 is 1.89 bits per heavy atom. The molecule has 0 amide bonds. The van der Waals surface area contributed by atoms with Crippen molar-refractivity contribution in [1.29, 1.82) is 0 Å². The Morgan fingerprint density at radius 3 is 2.56 bits per heavy atom. The van der Waals surface area contributed by atoms with Gasteiger partial charge in [-0.25, -0.2) is 8.42 Å². The molecular formula is C14H19NO2S. The van der Waals surface area contributed by atoms with E-state index in [0.29, 0.717) is 10.9 Å². The van der Waals surface area contributed by atoms with Crippen LogP contribution in [-0.2, 0) is 22.7 Å². The zero-order chi connectivity index (χ0) is 12.9. The third kappa shape index (κ3) is 1.88. The minimum Gasteiger partial charge on any atom is -0.307 e. The molecule has 18 heavy (non-hydrogen) atoms. The summed E-state index contributed by atoms with van der Waals surface area (Å²) in [6.45, 7) is 4.11. The molecule has 1 aromatic rings. The van der Waals surface area contributed by atoms with Gasteiger partial charge in [0.25, 0.3) is 0 Å². The molecule has 1 aliphatic heterocycles. The van der Waals surface area contributed by atoms with E-state index in [1.807, 2.05) is 6.07 Å². The second-order valence-corrected chi connectivity index (χ2v) is 7.67. The summed E-state index contributed by atoms with van der Waals surface area (Å²) in [7, 11) is -3.08. The van der Waals surface area contributed by atoms with Crippen LogP contribution in [0.4, 0.5) is 0 Å². The fourth-order valence-electron chi connectivity index (χ4n) is 3.10. The molecule has 0 saturated heterocycles. The number of sulfone groups is 1. The van der Waals surface area contributed by atoms with Crippen LogP contribution in [0.3, 0.4) is 0 Å². The molecule has 4 heteroatoms. The van der Waals surface area contributed by atoms with Gasteiger partial charge in [-0.3, -0.25) is 0 Å². The summed E-state index contributed by atoms with van der Waals surface area (Å²) in [4.78, 5) is 0.571. The SMILES string of the molecule is CC(C)NC1CS(=O)(=O)c2cc3c(cc21)CCC3. The largest absolute Gasteiger partial charge is 0.307 e. The number of hydrogen-bond acceptors (Lipinski definition) is 3. The standard InChI is InChI=1S/C14H19NO2S/c1-9(2)15-13-8-18(16,17)14-7-11-5-3-4-10(11)6-12(13)14/h6-7,9,13,15H,3-5,8H2,1-2H3. The Hall–Kier alpha value is -0.870. The van der Waals surface area contributed by atoms with E-state index in [1.54, 1.807) is 0 Å². The predicted octanol–water partition coefficient (Wildman–Crippen LogP) is 2.00. The smallest absolute Gasteiger partial charge is 0.180 e. The molecule has 3 rings (SSSR count). The van der Waals surface area contributed by atoms with Crippen LogP contribution in [0.25, 0.3) is 0 Å². The fraction of sp³-hybridized carbons (Fsp3) is 0.571. The van der Waals surface area contributed by atoms with Crippen molar-refractivity contribution >= 4 is 9.84 Å². The van der Waals surface area contributed by atoms with E-state index < -0.39 is 9.84 Å². The average molecular weight is 265 g/mol. The van der Waals surface area contributed by atoms with Gasteiger partial charge < -0.3 is 5.32 Å². The Morgan fingerprint density at radius 1 is 1.22 bits per heavy atom. The Bertz CT molecular complexity index is 590. The highest BCUT2D eigenvalue weighted by Crippen LogP contribution is 2.37. The maximum absolute atomic E-state index is 12.2. The lowest BCUT2D eigenvalue weighted by Gasteiger charge is -2.16. The summed E-state index contributed by atoms with van der Waals surface area (Å²) in [6.07, 6.45) is 3.28. The van der Waals surface area contributed by atoms with Gasteiger partial charge in [0.15, 0.2) is 9.84 Å². The summed E-state index contributed by atoms with van der Waals surface area (Å²) >= 11 is 0. The molecule has 1 atom stereocenters. The molecule has 0 bridgehead atoms. The molecule has 1 unspecified atom stereocenters. The number of hydrogen-bond donors (Lipinski definition) is 1. The molecule has 0 radical (unpaired) electrons. The summed E-state index contributed by atoms with van der Waals surface area (Å²) < 4.78 is 24.4. The first-order chi connectivity index (χ1) is 8.47. The van der Waals surface area contributed by atoms with Crippen molar-refractivity contribution < 1.29 is 8.42 Å². The van der Waals surface area contributed by atoms with Crippen LogP contribution in [-0.4, -0.2) is 20.2 Å². The van der Waals surface area contributed by atoms with Crippen molar-refractivity contribution in [3.05, 3.63) is 28.8 Å². The minimum atomic E-state index is -3.08. The topological polar surface area (TPSA) is 46.2 Å². The quantitative estimate of drug-likeness (QED) is 0.889. The van der Waals surface area contributed by atoms with Gasteiger partial charge in [0.2, 0.25) is 0 Å². The summed E-state index contributed by atoms with van der Waals surface area (Å²) in [6, 6.07) is 4.32. The highest BCUT2D eigenvalue weighted by Gasteiger charge is 2.36. The van der Waals surface area contributed by atoms with Crippen molar-refractivity contribution in [1.82, 2.24) is 5.32 Å². The fourth-order valence-corrected chi connectivity index (χ4v) is 4.88. The number of rotatable bonds is 2. The van der Waals surface area contributed by atoms with E-state index >= 15 is 0 Å². The molecule has 1 aromatic carbocycles. The molecule has 1 N–H and O–H groups in total. The van der Waals surface area contributed by atoms with Crippen molar-refractivity contribution in [3.63, 3.8) is 0 Å². The highest BCUT2D eigenvalue weighted by molar-refractivity contribution is 7.91. The van der Waals surface area contributed by atoms with Gasteiger partial charge in [-0.1, -0.05) is 19.9 Å². The normalized spacial score (nSPS) is 24.3. The van der Waals surface area contributed by atoms with Gasteiger partial charge in [0.1, 0.15) is 0 Å². The van der Waals surface area contributed by atoms with E-state index in [1.165, 1.54) is 11.1 Å². The second kappa shape index (κ2) is 4.07. The molecular weight excluding hydrogens is 246 g/mol. The summed E-state index contributed by atoms with van der Waals surface area (Å²) in [5, 5.41) is 3.37. The van der Waals surface area contributed by atoms with Crippen LogP contribution in [0.2, 0.25) is 0 Å². The van der Waals surface area contributed by atoms with Crippen LogP contribution in [0.1, 0.15) is 43.0 Å². The molecule has 2 aliphatic rings. The average Bonchev–Trinajstić information content (AvgIpc) is 2.79.